The lowest BCUT2D eigenvalue weighted by atomic mass is 10.00. The van der Waals surface area contributed by atoms with Crippen LogP contribution in [0.2, 0.25) is 0 Å². The Morgan fingerprint density at radius 1 is 1.00 bits per heavy atom. The Kier molecular flexibility index (Phi) is 5.80. The van der Waals surface area contributed by atoms with Gasteiger partial charge in [0.2, 0.25) is 5.43 Å². The van der Waals surface area contributed by atoms with Crippen LogP contribution in [0.5, 0.6) is 11.5 Å². The van der Waals surface area contributed by atoms with E-state index in [4.69, 9.17) is 13.9 Å². The third kappa shape index (κ3) is 4.15. The van der Waals surface area contributed by atoms with Gasteiger partial charge in [-0.25, -0.2) is 0 Å². The molecule has 0 fully saturated rings. The molecule has 4 aromatic rings. The van der Waals surface area contributed by atoms with Gasteiger partial charge in [-0.1, -0.05) is 36.4 Å². The van der Waals surface area contributed by atoms with E-state index < -0.39 is 0 Å². The Morgan fingerprint density at radius 3 is 2.50 bits per heavy atom. The Bertz CT molecular complexity index is 1420. The summed E-state index contributed by atoms with van der Waals surface area (Å²) in [4.78, 5) is 27.7. The van der Waals surface area contributed by atoms with Gasteiger partial charge in [-0.2, -0.15) is 0 Å². The van der Waals surface area contributed by atoms with E-state index in [0.717, 1.165) is 17.7 Å². The fourth-order valence-electron chi connectivity index (χ4n) is 4.41. The van der Waals surface area contributed by atoms with E-state index in [-0.39, 0.29) is 17.9 Å². The van der Waals surface area contributed by atoms with Gasteiger partial charge in [0.1, 0.15) is 22.8 Å². The number of nitrogens with zero attached hydrogens (tertiary/aromatic N) is 1. The maximum atomic E-state index is 13.2. The molecule has 34 heavy (non-hydrogen) atoms. The Balaban J connectivity index is 1.33. The number of ether oxygens (including phenoxy) is 2. The number of hydrogen-bond acceptors (Lipinski definition) is 5. The number of carbonyl (C=O) groups excluding carboxylic acids is 1. The van der Waals surface area contributed by atoms with E-state index >= 15 is 0 Å². The van der Waals surface area contributed by atoms with E-state index in [1.807, 2.05) is 41.3 Å². The monoisotopic (exact) mass is 455 g/mol. The van der Waals surface area contributed by atoms with Crippen LogP contribution >= 0.6 is 0 Å². The lowest BCUT2D eigenvalue weighted by Gasteiger charge is -2.28. The van der Waals surface area contributed by atoms with Gasteiger partial charge in [0.05, 0.1) is 18.1 Å². The molecule has 0 spiro atoms. The number of hydrogen-bond donors (Lipinski definition) is 0. The molecule has 0 saturated carbocycles. The fourth-order valence-corrected chi connectivity index (χ4v) is 4.41. The first-order valence-corrected chi connectivity index (χ1v) is 11.2. The zero-order chi connectivity index (χ0) is 23.7. The zero-order valence-corrected chi connectivity index (χ0v) is 19.2. The Hall–Kier alpha value is -4.06. The molecule has 6 heteroatoms. The van der Waals surface area contributed by atoms with Crippen molar-refractivity contribution >= 4 is 16.9 Å². The summed E-state index contributed by atoms with van der Waals surface area (Å²) in [7, 11) is 1.60. The van der Waals surface area contributed by atoms with Gasteiger partial charge in [0.25, 0.3) is 5.91 Å². The number of methoxy groups -OCH3 is 1. The summed E-state index contributed by atoms with van der Waals surface area (Å²) < 4.78 is 17.0. The molecule has 0 N–H and O–H groups in total. The van der Waals surface area contributed by atoms with Crippen LogP contribution in [0, 0.1) is 6.92 Å². The average molecular weight is 456 g/mol. The van der Waals surface area contributed by atoms with Gasteiger partial charge in [0, 0.05) is 19.2 Å². The van der Waals surface area contributed by atoms with Gasteiger partial charge in [0.15, 0.2) is 6.61 Å². The van der Waals surface area contributed by atoms with Crippen molar-refractivity contribution in [1.82, 2.24) is 4.90 Å². The number of fused-ring (bicyclic) bond motifs is 2. The van der Waals surface area contributed by atoms with Crippen LogP contribution < -0.4 is 14.9 Å². The van der Waals surface area contributed by atoms with Crippen LogP contribution in [0.3, 0.4) is 0 Å². The number of benzene rings is 3. The van der Waals surface area contributed by atoms with Crippen molar-refractivity contribution in [2.75, 3.05) is 20.3 Å². The molecule has 6 nitrogen and oxygen atoms in total. The van der Waals surface area contributed by atoms with Crippen LogP contribution in [0.25, 0.3) is 22.1 Å². The molecule has 0 saturated heterocycles. The second-order valence-electron chi connectivity index (χ2n) is 8.37. The minimum Gasteiger partial charge on any atom is -0.497 e. The van der Waals surface area contributed by atoms with Crippen molar-refractivity contribution in [2.24, 2.45) is 0 Å². The Morgan fingerprint density at radius 2 is 1.74 bits per heavy atom. The predicted molar refractivity (Wildman–Crippen MR) is 130 cm³/mol. The summed E-state index contributed by atoms with van der Waals surface area (Å²) in [5.41, 5.74) is 4.07. The van der Waals surface area contributed by atoms with E-state index in [9.17, 15) is 9.59 Å². The number of aryl methyl sites for hydroxylation is 1. The van der Waals surface area contributed by atoms with Gasteiger partial charge >= 0.3 is 0 Å². The molecular formula is C28H25NO5. The second-order valence-corrected chi connectivity index (χ2v) is 8.37. The molecule has 1 amide bonds. The SMILES string of the molecule is COc1ccc(-c2c(C)oc3cc(OCC(=O)N4CCc5ccccc5C4)ccc3c2=O)cc1. The molecule has 0 atom stereocenters. The number of amides is 1. The molecular weight excluding hydrogens is 430 g/mol. The average Bonchev–Trinajstić information content (AvgIpc) is 2.87. The molecule has 172 valence electrons. The summed E-state index contributed by atoms with van der Waals surface area (Å²) in [6, 6.07) is 20.5. The first-order valence-electron chi connectivity index (χ1n) is 11.2. The summed E-state index contributed by atoms with van der Waals surface area (Å²) in [6.07, 6.45) is 0.846. The quantitative estimate of drug-likeness (QED) is 0.435. The normalized spacial score (nSPS) is 12.9. The van der Waals surface area contributed by atoms with Crippen molar-refractivity contribution in [3.05, 3.63) is 93.8 Å². The summed E-state index contributed by atoms with van der Waals surface area (Å²) in [5, 5.41) is 0.461. The number of carbonyl (C=O) groups is 1. The van der Waals surface area contributed by atoms with Crippen molar-refractivity contribution in [1.29, 1.82) is 0 Å². The summed E-state index contributed by atoms with van der Waals surface area (Å²) in [6.45, 7) is 2.98. The molecule has 0 bridgehead atoms. The third-order valence-corrected chi connectivity index (χ3v) is 6.26. The smallest absolute Gasteiger partial charge is 0.260 e. The molecule has 0 radical (unpaired) electrons. The zero-order valence-electron chi connectivity index (χ0n) is 19.2. The second kappa shape index (κ2) is 9.06. The lowest BCUT2D eigenvalue weighted by Crippen LogP contribution is -2.38. The molecule has 0 unspecified atom stereocenters. The van der Waals surface area contributed by atoms with Crippen LogP contribution in [0.15, 0.2) is 75.9 Å². The van der Waals surface area contributed by atoms with Crippen molar-refractivity contribution in [2.45, 2.75) is 19.9 Å². The first kappa shape index (κ1) is 21.8. The highest BCUT2D eigenvalue weighted by atomic mass is 16.5. The highest BCUT2D eigenvalue weighted by Crippen LogP contribution is 2.28. The maximum Gasteiger partial charge on any atom is 0.260 e. The van der Waals surface area contributed by atoms with Gasteiger partial charge in [-0.05, 0) is 54.3 Å². The van der Waals surface area contributed by atoms with Gasteiger partial charge in [-0.3, -0.25) is 9.59 Å². The van der Waals surface area contributed by atoms with Crippen molar-refractivity contribution in [3.8, 4) is 22.6 Å². The molecule has 1 aromatic heterocycles. The first-order chi connectivity index (χ1) is 16.5. The van der Waals surface area contributed by atoms with Crippen molar-refractivity contribution < 1.29 is 18.7 Å². The molecule has 1 aliphatic rings. The van der Waals surface area contributed by atoms with E-state index in [1.165, 1.54) is 11.1 Å². The van der Waals surface area contributed by atoms with Crippen LogP contribution in [0.4, 0.5) is 0 Å². The highest BCUT2D eigenvalue weighted by molar-refractivity contribution is 5.84. The predicted octanol–water partition coefficient (Wildman–Crippen LogP) is 4.74. The summed E-state index contributed by atoms with van der Waals surface area (Å²) in [5.74, 6) is 1.65. The maximum absolute atomic E-state index is 13.2. The molecule has 5 rings (SSSR count). The van der Waals surface area contributed by atoms with Crippen LogP contribution in [0.1, 0.15) is 16.9 Å². The standard InChI is InChI=1S/C28H25NO5/c1-18-27(20-7-9-22(32-2)10-8-20)28(31)24-12-11-23(15-25(24)34-18)33-17-26(30)29-14-13-19-5-3-4-6-21(19)16-29/h3-12,15H,13-14,16-17H2,1-2H3. The minimum atomic E-state index is -0.112. The van der Waals surface area contributed by atoms with Crippen molar-refractivity contribution in [3.63, 3.8) is 0 Å². The third-order valence-electron chi connectivity index (χ3n) is 6.26. The molecule has 1 aliphatic heterocycles. The topological polar surface area (TPSA) is 69.0 Å². The largest absolute Gasteiger partial charge is 0.497 e. The fraction of sp³-hybridized carbons (Fsp3) is 0.214. The Labute approximate surface area is 197 Å². The number of rotatable bonds is 5. The van der Waals surface area contributed by atoms with Crippen LogP contribution in [-0.4, -0.2) is 31.1 Å². The van der Waals surface area contributed by atoms with E-state index in [2.05, 4.69) is 12.1 Å². The van der Waals surface area contributed by atoms with Crippen LogP contribution in [-0.2, 0) is 17.8 Å². The lowest BCUT2D eigenvalue weighted by molar-refractivity contribution is -0.134. The van der Waals surface area contributed by atoms with E-state index in [1.54, 1.807) is 32.2 Å². The van der Waals surface area contributed by atoms with E-state index in [0.29, 0.717) is 41.1 Å². The highest BCUT2D eigenvalue weighted by Gasteiger charge is 2.21. The summed E-state index contributed by atoms with van der Waals surface area (Å²) >= 11 is 0. The molecule has 0 aliphatic carbocycles. The van der Waals surface area contributed by atoms with Gasteiger partial charge < -0.3 is 18.8 Å². The minimum absolute atomic E-state index is 0.0675. The van der Waals surface area contributed by atoms with Gasteiger partial charge in [-0.15, -0.1) is 0 Å². The molecule has 2 heterocycles. The molecule has 3 aromatic carbocycles.